The minimum atomic E-state index is -0.0787. The summed E-state index contributed by atoms with van der Waals surface area (Å²) in [6, 6.07) is 0. The minimum absolute atomic E-state index is 0.0487. The lowest BCUT2D eigenvalue weighted by molar-refractivity contribution is 0.0818. The summed E-state index contributed by atoms with van der Waals surface area (Å²) in [5.74, 6) is -0.127. The molecule has 0 aliphatic rings. The second-order valence-corrected chi connectivity index (χ2v) is 2.31. The quantitative estimate of drug-likeness (QED) is 0.641. The van der Waals surface area contributed by atoms with Gasteiger partial charge in [-0.3, -0.25) is 4.79 Å². The maximum Gasteiger partial charge on any atom is 0.267 e. The average Bonchev–Trinajstić information content (AvgIpc) is 2.58. The first kappa shape index (κ1) is 10.8. The van der Waals surface area contributed by atoms with Crippen molar-refractivity contribution < 1.29 is 4.79 Å². The van der Waals surface area contributed by atoms with Crippen LogP contribution < -0.4 is 0 Å². The van der Waals surface area contributed by atoms with E-state index in [4.69, 9.17) is 0 Å². The van der Waals surface area contributed by atoms with Gasteiger partial charge in [0.15, 0.2) is 0 Å². The lowest BCUT2D eigenvalue weighted by Crippen LogP contribution is -2.19. The van der Waals surface area contributed by atoms with Crippen LogP contribution in [0.1, 0.15) is 32.5 Å². The molecule has 0 amide bonds. The molecule has 0 saturated heterocycles. The van der Waals surface area contributed by atoms with E-state index in [1.165, 1.54) is 12.4 Å². The predicted octanol–water partition coefficient (Wildman–Crippen LogP) is 1.60. The molecule has 4 heteroatoms. The molecule has 0 atom stereocenters. The second kappa shape index (κ2) is 5.46. The lowest BCUT2D eigenvalue weighted by Gasteiger charge is -1.99. The van der Waals surface area contributed by atoms with Crippen LogP contribution in [0.2, 0.25) is 0 Å². The number of carbonyl (C=O) groups is 1. The summed E-state index contributed by atoms with van der Waals surface area (Å²) in [5.41, 5.74) is 0. The van der Waals surface area contributed by atoms with Gasteiger partial charge in [-0.15, -0.1) is 4.80 Å². The Kier molecular flexibility index (Phi) is 4.92. The van der Waals surface area contributed by atoms with E-state index in [0.29, 0.717) is 0 Å². The van der Waals surface area contributed by atoms with Crippen molar-refractivity contribution in [3.63, 3.8) is 0 Å². The third kappa shape index (κ3) is 2.82. The molecular formula is C8H15N3O. The largest absolute Gasteiger partial charge is 0.271 e. The highest BCUT2D eigenvalue weighted by molar-refractivity contribution is 5.78. The summed E-state index contributed by atoms with van der Waals surface area (Å²) >= 11 is 0. The zero-order chi connectivity index (χ0) is 9.56. The molecule has 0 unspecified atom stereocenters. The Balaban J connectivity index is 0.000000561. The summed E-state index contributed by atoms with van der Waals surface area (Å²) in [6.45, 7) is 7.62. The van der Waals surface area contributed by atoms with Crippen molar-refractivity contribution in [1.29, 1.82) is 0 Å². The average molecular weight is 169 g/mol. The standard InChI is InChI=1S/C6H9N3O.C2H6/c1-5(2)6(10)9-7-3-4-8-9;1-2/h3-5H,1-2H3;1-2H3. The molecule has 1 rings (SSSR count). The molecule has 12 heavy (non-hydrogen) atoms. The normalized spacial score (nSPS) is 9.08. The fourth-order valence-electron chi connectivity index (χ4n) is 0.560. The molecule has 1 aromatic heterocycles. The van der Waals surface area contributed by atoms with Crippen molar-refractivity contribution in [1.82, 2.24) is 15.0 Å². The summed E-state index contributed by atoms with van der Waals surface area (Å²) in [7, 11) is 0. The van der Waals surface area contributed by atoms with Crippen molar-refractivity contribution in [3.05, 3.63) is 12.4 Å². The molecule has 0 N–H and O–H groups in total. The van der Waals surface area contributed by atoms with Crippen LogP contribution in [0.3, 0.4) is 0 Å². The second-order valence-electron chi connectivity index (χ2n) is 2.31. The molecule has 1 aromatic rings. The van der Waals surface area contributed by atoms with Crippen molar-refractivity contribution in [2.75, 3.05) is 0 Å². The first-order valence-electron chi connectivity index (χ1n) is 4.12. The zero-order valence-corrected chi connectivity index (χ0v) is 7.98. The van der Waals surface area contributed by atoms with E-state index < -0.39 is 0 Å². The van der Waals surface area contributed by atoms with Gasteiger partial charge < -0.3 is 0 Å². The van der Waals surface area contributed by atoms with E-state index in [9.17, 15) is 4.79 Å². The van der Waals surface area contributed by atoms with Crippen LogP contribution in [-0.2, 0) is 0 Å². The van der Waals surface area contributed by atoms with Crippen molar-refractivity contribution in [2.45, 2.75) is 27.7 Å². The molecule has 0 fully saturated rings. The van der Waals surface area contributed by atoms with E-state index in [1.54, 1.807) is 0 Å². The number of hydrogen-bond donors (Lipinski definition) is 0. The van der Waals surface area contributed by atoms with Gasteiger partial charge in [0, 0.05) is 5.92 Å². The Morgan fingerprint density at radius 2 is 1.67 bits per heavy atom. The first-order valence-corrected chi connectivity index (χ1v) is 4.12. The van der Waals surface area contributed by atoms with Gasteiger partial charge in [0.2, 0.25) is 0 Å². The van der Waals surface area contributed by atoms with Crippen LogP contribution in [0.15, 0.2) is 12.4 Å². The van der Waals surface area contributed by atoms with Crippen LogP contribution in [0.4, 0.5) is 0 Å². The summed E-state index contributed by atoms with van der Waals surface area (Å²) in [5, 5.41) is 7.39. The lowest BCUT2D eigenvalue weighted by atomic mass is 10.2. The highest BCUT2D eigenvalue weighted by Crippen LogP contribution is 1.94. The van der Waals surface area contributed by atoms with Crippen LogP contribution in [0.5, 0.6) is 0 Å². The molecule has 68 valence electrons. The van der Waals surface area contributed by atoms with E-state index in [1.807, 2.05) is 27.7 Å². The zero-order valence-electron chi connectivity index (χ0n) is 7.98. The fourth-order valence-corrected chi connectivity index (χ4v) is 0.560. The van der Waals surface area contributed by atoms with Gasteiger partial charge in [0.1, 0.15) is 0 Å². The maximum absolute atomic E-state index is 11.0. The molecule has 0 bridgehead atoms. The Morgan fingerprint density at radius 3 is 2.00 bits per heavy atom. The smallest absolute Gasteiger partial charge is 0.267 e. The summed E-state index contributed by atoms with van der Waals surface area (Å²) in [4.78, 5) is 12.1. The third-order valence-electron chi connectivity index (χ3n) is 1.11. The van der Waals surface area contributed by atoms with E-state index in [0.717, 1.165) is 4.80 Å². The molecule has 0 aliphatic carbocycles. The van der Waals surface area contributed by atoms with Crippen molar-refractivity contribution in [2.24, 2.45) is 5.92 Å². The van der Waals surface area contributed by atoms with Gasteiger partial charge in [-0.2, -0.15) is 10.2 Å². The van der Waals surface area contributed by atoms with Gasteiger partial charge in [-0.05, 0) is 0 Å². The van der Waals surface area contributed by atoms with Crippen molar-refractivity contribution >= 4 is 5.91 Å². The van der Waals surface area contributed by atoms with E-state index >= 15 is 0 Å². The number of nitrogens with zero attached hydrogens (tertiary/aromatic N) is 3. The van der Waals surface area contributed by atoms with Crippen molar-refractivity contribution in [3.8, 4) is 0 Å². The minimum Gasteiger partial charge on any atom is -0.271 e. The van der Waals surface area contributed by atoms with Gasteiger partial charge >= 0.3 is 0 Å². The van der Waals surface area contributed by atoms with Crippen LogP contribution in [0.25, 0.3) is 0 Å². The van der Waals surface area contributed by atoms with Gasteiger partial charge in [0.25, 0.3) is 5.91 Å². The molecule has 0 radical (unpaired) electrons. The predicted molar refractivity (Wildman–Crippen MR) is 46.8 cm³/mol. The Bertz CT molecular complexity index is 216. The maximum atomic E-state index is 11.0. The van der Waals surface area contributed by atoms with Gasteiger partial charge in [-0.1, -0.05) is 27.7 Å². The third-order valence-corrected chi connectivity index (χ3v) is 1.11. The highest BCUT2D eigenvalue weighted by Gasteiger charge is 2.09. The fraction of sp³-hybridized carbons (Fsp3) is 0.625. The molecular weight excluding hydrogens is 154 g/mol. The number of hydrogen-bond acceptors (Lipinski definition) is 3. The SMILES string of the molecule is CC.CC(C)C(=O)n1nccn1. The monoisotopic (exact) mass is 169 g/mol. The van der Waals surface area contributed by atoms with Crippen LogP contribution in [0, 0.1) is 5.92 Å². The molecule has 0 saturated carbocycles. The van der Waals surface area contributed by atoms with Crippen LogP contribution >= 0.6 is 0 Å². The molecule has 0 aromatic carbocycles. The molecule has 4 nitrogen and oxygen atoms in total. The first-order chi connectivity index (χ1) is 5.72. The summed E-state index contributed by atoms with van der Waals surface area (Å²) in [6.07, 6.45) is 2.97. The Labute approximate surface area is 72.6 Å². The molecule has 1 heterocycles. The number of aromatic nitrogens is 3. The molecule has 0 aliphatic heterocycles. The Morgan fingerprint density at radius 1 is 1.25 bits per heavy atom. The topological polar surface area (TPSA) is 47.8 Å². The molecule has 0 spiro atoms. The van der Waals surface area contributed by atoms with E-state index in [-0.39, 0.29) is 11.8 Å². The highest BCUT2D eigenvalue weighted by atomic mass is 16.2. The number of rotatable bonds is 1. The van der Waals surface area contributed by atoms with Gasteiger partial charge in [0.05, 0.1) is 12.4 Å². The van der Waals surface area contributed by atoms with Gasteiger partial charge in [-0.25, -0.2) is 0 Å². The summed E-state index contributed by atoms with van der Waals surface area (Å²) < 4.78 is 0. The Hall–Kier alpha value is -1.19. The van der Waals surface area contributed by atoms with Crippen LogP contribution in [-0.4, -0.2) is 20.9 Å². The number of carbonyl (C=O) groups excluding carboxylic acids is 1. The van der Waals surface area contributed by atoms with E-state index in [2.05, 4.69) is 10.2 Å².